The number of likely N-dealkylation sites (N-methyl/N-ethyl adjacent to an activating group) is 1. The third kappa shape index (κ3) is 3.25. The first-order chi connectivity index (χ1) is 8.58. The van der Waals surface area contributed by atoms with Gasteiger partial charge in [-0.15, -0.1) is 0 Å². The average Bonchev–Trinajstić information content (AvgIpc) is 3.20. The smallest absolute Gasteiger partial charge is 0.260 e. The third-order valence-electron chi connectivity index (χ3n) is 3.69. The highest BCUT2D eigenvalue weighted by molar-refractivity contribution is 5.77. The van der Waals surface area contributed by atoms with E-state index in [2.05, 4.69) is 6.92 Å². The average molecular weight is 247 g/mol. The zero-order chi connectivity index (χ0) is 13.1. The van der Waals surface area contributed by atoms with Crippen LogP contribution in [0.15, 0.2) is 24.3 Å². The summed E-state index contributed by atoms with van der Waals surface area (Å²) in [4.78, 5) is 13.8. The van der Waals surface area contributed by atoms with E-state index in [9.17, 15) is 4.79 Å². The molecule has 1 atom stereocenters. The second kappa shape index (κ2) is 5.42. The van der Waals surface area contributed by atoms with E-state index < -0.39 is 0 Å². The first-order valence-corrected chi connectivity index (χ1v) is 6.53. The fourth-order valence-electron chi connectivity index (χ4n) is 2.00. The van der Waals surface area contributed by atoms with Crippen LogP contribution in [-0.2, 0) is 4.79 Å². The van der Waals surface area contributed by atoms with E-state index in [4.69, 9.17) is 4.74 Å². The Labute approximate surface area is 109 Å². The lowest BCUT2D eigenvalue weighted by Gasteiger charge is -2.24. The Balaban J connectivity index is 1.81. The molecule has 0 spiro atoms. The van der Waals surface area contributed by atoms with Crippen LogP contribution in [0, 0.1) is 12.8 Å². The van der Waals surface area contributed by atoms with Crippen LogP contribution in [-0.4, -0.2) is 30.5 Å². The van der Waals surface area contributed by atoms with Crippen LogP contribution in [0.5, 0.6) is 5.75 Å². The SMILES string of the molecule is Cc1ccc(OCC(=O)N(C)C(C)C2CC2)cc1. The predicted octanol–water partition coefficient (Wildman–Crippen LogP) is 2.63. The highest BCUT2D eigenvalue weighted by Gasteiger charge is 2.32. The lowest BCUT2D eigenvalue weighted by molar-refractivity contribution is -0.134. The van der Waals surface area contributed by atoms with Gasteiger partial charge >= 0.3 is 0 Å². The van der Waals surface area contributed by atoms with Crippen LogP contribution in [0.25, 0.3) is 0 Å². The number of amides is 1. The van der Waals surface area contributed by atoms with Crippen molar-refractivity contribution < 1.29 is 9.53 Å². The minimum absolute atomic E-state index is 0.0509. The van der Waals surface area contributed by atoms with Gasteiger partial charge in [0.25, 0.3) is 5.91 Å². The van der Waals surface area contributed by atoms with Crippen molar-refractivity contribution in [2.45, 2.75) is 32.7 Å². The molecule has 0 aliphatic heterocycles. The zero-order valence-electron chi connectivity index (χ0n) is 11.3. The summed E-state index contributed by atoms with van der Waals surface area (Å²) in [7, 11) is 1.86. The lowest BCUT2D eigenvalue weighted by Crippen LogP contribution is -2.39. The Kier molecular flexibility index (Phi) is 3.90. The second-order valence-electron chi connectivity index (χ2n) is 5.18. The van der Waals surface area contributed by atoms with Gasteiger partial charge < -0.3 is 9.64 Å². The largest absolute Gasteiger partial charge is 0.484 e. The molecule has 98 valence electrons. The van der Waals surface area contributed by atoms with E-state index in [1.54, 1.807) is 0 Å². The number of ether oxygens (including phenoxy) is 1. The molecule has 2 rings (SSSR count). The molecular formula is C15H21NO2. The van der Waals surface area contributed by atoms with E-state index in [-0.39, 0.29) is 12.5 Å². The third-order valence-corrected chi connectivity index (χ3v) is 3.69. The van der Waals surface area contributed by atoms with Crippen molar-refractivity contribution in [1.29, 1.82) is 0 Å². The van der Waals surface area contributed by atoms with E-state index >= 15 is 0 Å². The maximum absolute atomic E-state index is 12.0. The highest BCUT2D eigenvalue weighted by Crippen LogP contribution is 2.34. The monoisotopic (exact) mass is 247 g/mol. The molecule has 3 heteroatoms. The van der Waals surface area contributed by atoms with Crippen molar-refractivity contribution in [3.63, 3.8) is 0 Å². The van der Waals surface area contributed by atoms with Crippen molar-refractivity contribution >= 4 is 5.91 Å². The summed E-state index contributed by atoms with van der Waals surface area (Å²) in [5, 5.41) is 0. The highest BCUT2D eigenvalue weighted by atomic mass is 16.5. The molecule has 18 heavy (non-hydrogen) atoms. The molecule has 1 amide bonds. The van der Waals surface area contributed by atoms with Gasteiger partial charge in [-0.3, -0.25) is 4.79 Å². The van der Waals surface area contributed by atoms with Gasteiger partial charge in [0, 0.05) is 13.1 Å². The first kappa shape index (κ1) is 12.9. The summed E-state index contributed by atoms with van der Waals surface area (Å²) in [6.45, 7) is 4.26. The summed E-state index contributed by atoms with van der Waals surface area (Å²) in [6, 6.07) is 8.09. The molecule has 1 fully saturated rings. The molecule has 0 N–H and O–H groups in total. The summed E-state index contributed by atoms with van der Waals surface area (Å²) >= 11 is 0. The van der Waals surface area contributed by atoms with Gasteiger partial charge in [0.15, 0.2) is 6.61 Å². The predicted molar refractivity (Wildman–Crippen MR) is 71.6 cm³/mol. The van der Waals surface area contributed by atoms with E-state index in [0.29, 0.717) is 12.0 Å². The Morgan fingerprint density at radius 2 is 2.00 bits per heavy atom. The van der Waals surface area contributed by atoms with Gasteiger partial charge in [0.05, 0.1) is 0 Å². The number of carbonyl (C=O) groups is 1. The number of rotatable bonds is 5. The molecular weight excluding hydrogens is 226 g/mol. The second-order valence-corrected chi connectivity index (χ2v) is 5.18. The number of hydrogen-bond donors (Lipinski definition) is 0. The molecule has 1 aliphatic carbocycles. The Bertz CT molecular complexity index is 409. The summed E-state index contributed by atoms with van der Waals surface area (Å²) in [6.07, 6.45) is 2.50. The maximum Gasteiger partial charge on any atom is 0.260 e. The number of nitrogens with zero attached hydrogens (tertiary/aromatic N) is 1. The molecule has 3 nitrogen and oxygen atoms in total. The van der Waals surface area contributed by atoms with E-state index in [0.717, 1.165) is 5.75 Å². The number of hydrogen-bond acceptors (Lipinski definition) is 2. The lowest BCUT2D eigenvalue weighted by atomic mass is 10.2. The topological polar surface area (TPSA) is 29.5 Å². The van der Waals surface area contributed by atoms with Crippen molar-refractivity contribution in [3.05, 3.63) is 29.8 Å². The van der Waals surface area contributed by atoms with Gasteiger partial charge in [0.2, 0.25) is 0 Å². The minimum atomic E-state index is 0.0509. The number of benzene rings is 1. The maximum atomic E-state index is 12.0. The first-order valence-electron chi connectivity index (χ1n) is 6.53. The van der Waals surface area contributed by atoms with E-state index in [1.807, 2.05) is 43.1 Å². The Morgan fingerprint density at radius 1 is 1.39 bits per heavy atom. The molecule has 0 aromatic heterocycles. The van der Waals surface area contributed by atoms with Crippen LogP contribution in [0.2, 0.25) is 0 Å². The van der Waals surface area contributed by atoms with Crippen LogP contribution in [0.3, 0.4) is 0 Å². The van der Waals surface area contributed by atoms with Crippen LogP contribution in [0.1, 0.15) is 25.3 Å². The molecule has 1 saturated carbocycles. The Morgan fingerprint density at radius 3 is 2.56 bits per heavy atom. The zero-order valence-corrected chi connectivity index (χ0v) is 11.3. The van der Waals surface area contributed by atoms with Gasteiger partial charge in [-0.05, 0) is 44.7 Å². The minimum Gasteiger partial charge on any atom is -0.484 e. The normalized spacial score (nSPS) is 16.2. The summed E-state index contributed by atoms with van der Waals surface area (Å²) < 4.78 is 5.50. The van der Waals surface area contributed by atoms with Gasteiger partial charge in [-0.2, -0.15) is 0 Å². The van der Waals surface area contributed by atoms with Crippen LogP contribution in [0.4, 0.5) is 0 Å². The fraction of sp³-hybridized carbons (Fsp3) is 0.533. The van der Waals surface area contributed by atoms with Crippen LogP contribution < -0.4 is 4.74 Å². The molecule has 1 unspecified atom stereocenters. The standard InChI is InChI=1S/C15H21NO2/c1-11-4-8-14(9-5-11)18-10-15(17)16(3)12(2)13-6-7-13/h4-5,8-9,12-13H,6-7,10H2,1-3H3. The van der Waals surface area contributed by atoms with Gasteiger partial charge in [-0.25, -0.2) is 0 Å². The molecule has 1 aliphatic rings. The molecule has 0 heterocycles. The van der Waals surface area contributed by atoms with Crippen molar-refractivity contribution in [2.75, 3.05) is 13.7 Å². The van der Waals surface area contributed by atoms with Crippen LogP contribution >= 0.6 is 0 Å². The van der Waals surface area contributed by atoms with Gasteiger partial charge in [-0.1, -0.05) is 17.7 Å². The fourth-order valence-corrected chi connectivity index (χ4v) is 2.00. The van der Waals surface area contributed by atoms with Crippen molar-refractivity contribution in [2.24, 2.45) is 5.92 Å². The van der Waals surface area contributed by atoms with E-state index in [1.165, 1.54) is 18.4 Å². The molecule has 0 radical (unpaired) electrons. The van der Waals surface area contributed by atoms with Crippen molar-refractivity contribution in [1.82, 2.24) is 4.90 Å². The number of carbonyl (C=O) groups excluding carboxylic acids is 1. The van der Waals surface area contributed by atoms with Gasteiger partial charge in [0.1, 0.15) is 5.75 Å². The molecule has 1 aromatic carbocycles. The quantitative estimate of drug-likeness (QED) is 0.800. The summed E-state index contributed by atoms with van der Waals surface area (Å²) in [5.74, 6) is 1.50. The molecule has 1 aromatic rings. The molecule has 0 saturated heterocycles. The number of aryl methyl sites for hydroxylation is 1. The summed E-state index contributed by atoms with van der Waals surface area (Å²) in [5.41, 5.74) is 1.19. The molecule has 0 bridgehead atoms. The van der Waals surface area contributed by atoms with Crippen molar-refractivity contribution in [3.8, 4) is 5.75 Å². The Hall–Kier alpha value is -1.51.